The van der Waals surface area contributed by atoms with Gasteiger partial charge in [-0.15, -0.1) is 0 Å². The molecule has 150 valence electrons. The third-order valence-corrected chi connectivity index (χ3v) is 5.77. The molecule has 2 aromatic heterocycles. The molecule has 4 rings (SSSR count). The maximum Gasteiger partial charge on any atom is 0.134 e. The van der Waals surface area contributed by atoms with E-state index in [4.69, 9.17) is 4.74 Å². The van der Waals surface area contributed by atoms with Gasteiger partial charge in [-0.05, 0) is 31.7 Å². The van der Waals surface area contributed by atoms with Crippen LogP contribution in [-0.2, 0) is 0 Å². The van der Waals surface area contributed by atoms with Crippen LogP contribution in [0.3, 0.4) is 0 Å². The van der Waals surface area contributed by atoms with Crippen molar-refractivity contribution in [3.05, 3.63) is 36.4 Å². The van der Waals surface area contributed by atoms with Gasteiger partial charge in [-0.25, -0.2) is 9.97 Å². The number of piperidine rings is 2. The lowest BCUT2D eigenvalue weighted by atomic mass is 9.99. The Labute approximate surface area is 166 Å². The largest absolute Gasteiger partial charge is 0.490 e. The van der Waals surface area contributed by atoms with E-state index in [9.17, 15) is 5.11 Å². The van der Waals surface area contributed by atoms with Gasteiger partial charge in [0.15, 0.2) is 0 Å². The molecule has 28 heavy (non-hydrogen) atoms. The molecule has 7 heteroatoms. The fraction of sp³-hybridized carbons (Fsp3) is 0.571. The van der Waals surface area contributed by atoms with E-state index in [1.807, 2.05) is 19.2 Å². The number of pyridine rings is 1. The molecule has 2 saturated heterocycles. The van der Waals surface area contributed by atoms with Crippen LogP contribution in [-0.4, -0.2) is 58.9 Å². The van der Waals surface area contributed by atoms with Crippen LogP contribution in [0.2, 0.25) is 0 Å². The second-order valence-corrected chi connectivity index (χ2v) is 7.82. The highest BCUT2D eigenvalue weighted by Crippen LogP contribution is 2.27. The van der Waals surface area contributed by atoms with Gasteiger partial charge in [-0.2, -0.15) is 0 Å². The lowest BCUT2D eigenvalue weighted by Crippen LogP contribution is -2.39. The summed E-state index contributed by atoms with van der Waals surface area (Å²) in [4.78, 5) is 17.7. The molecule has 0 radical (unpaired) electrons. The van der Waals surface area contributed by atoms with Gasteiger partial charge in [0.05, 0.1) is 0 Å². The third kappa shape index (κ3) is 4.35. The van der Waals surface area contributed by atoms with Gasteiger partial charge in [-0.1, -0.05) is 0 Å². The summed E-state index contributed by atoms with van der Waals surface area (Å²) in [5, 5.41) is 9.48. The van der Waals surface area contributed by atoms with E-state index in [0.29, 0.717) is 5.92 Å². The summed E-state index contributed by atoms with van der Waals surface area (Å²) >= 11 is 0. The van der Waals surface area contributed by atoms with Crippen LogP contribution in [0.1, 0.15) is 31.2 Å². The van der Waals surface area contributed by atoms with Crippen molar-refractivity contribution in [2.75, 3.05) is 42.6 Å². The molecule has 0 aliphatic carbocycles. The van der Waals surface area contributed by atoms with Crippen molar-refractivity contribution in [1.29, 1.82) is 0 Å². The van der Waals surface area contributed by atoms with Gasteiger partial charge >= 0.3 is 0 Å². The Morgan fingerprint density at radius 3 is 2.64 bits per heavy atom. The zero-order valence-corrected chi connectivity index (χ0v) is 16.5. The number of aryl methyl sites for hydroxylation is 1. The summed E-state index contributed by atoms with van der Waals surface area (Å²) in [5.74, 6) is 3.22. The number of aliphatic hydroxyl groups is 1. The molecular weight excluding hydrogens is 354 g/mol. The predicted molar refractivity (Wildman–Crippen MR) is 109 cm³/mol. The summed E-state index contributed by atoms with van der Waals surface area (Å²) in [7, 11) is 0. The second-order valence-electron chi connectivity index (χ2n) is 7.82. The average Bonchev–Trinajstić information content (AvgIpc) is 2.76. The van der Waals surface area contributed by atoms with Crippen molar-refractivity contribution in [2.45, 2.75) is 38.7 Å². The first-order valence-electron chi connectivity index (χ1n) is 10.2. The summed E-state index contributed by atoms with van der Waals surface area (Å²) < 4.78 is 6.18. The van der Waals surface area contributed by atoms with Crippen molar-refractivity contribution in [1.82, 2.24) is 15.0 Å². The van der Waals surface area contributed by atoms with Gasteiger partial charge < -0.3 is 19.6 Å². The minimum atomic E-state index is 0.228. The Hall–Kier alpha value is -2.41. The average molecular weight is 383 g/mol. The number of anilines is 2. The normalized spacial score (nSPS) is 21.0. The Kier molecular flexibility index (Phi) is 5.90. The number of rotatable bonds is 5. The molecule has 0 bridgehead atoms. The highest BCUT2D eigenvalue weighted by Gasteiger charge is 2.24. The molecule has 0 saturated carbocycles. The number of aliphatic hydroxyl groups excluding tert-OH is 1. The van der Waals surface area contributed by atoms with E-state index in [1.54, 1.807) is 12.5 Å². The topological polar surface area (TPSA) is 74.6 Å². The lowest BCUT2D eigenvalue weighted by molar-refractivity contribution is 0.169. The number of ether oxygens (including phenoxy) is 1. The SMILES string of the molecule is Cc1cnccc1OC1CCN(c2cc(N3CCCC(CO)C3)ncn2)CC1. The van der Waals surface area contributed by atoms with Crippen LogP contribution in [0.15, 0.2) is 30.9 Å². The number of hydrogen-bond donors (Lipinski definition) is 1. The fourth-order valence-electron chi connectivity index (χ4n) is 4.08. The molecule has 0 aromatic carbocycles. The van der Waals surface area contributed by atoms with Gasteiger partial charge in [0.2, 0.25) is 0 Å². The van der Waals surface area contributed by atoms with Crippen molar-refractivity contribution in [3.8, 4) is 5.75 Å². The van der Waals surface area contributed by atoms with E-state index in [-0.39, 0.29) is 12.7 Å². The number of hydrogen-bond acceptors (Lipinski definition) is 7. The van der Waals surface area contributed by atoms with E-state index in [1.165, 1.54) is 0 Å². The lowest BCUT2D eigenvalue weighted by Gasteiger charge is -2.35. The summed E-state index contributed by atoms with van der Waals surface area (Å²) in [6.45, 7) is 5.98. The van der Waals surface area contributed by atoms with Crippen LogP contribution in [0.5, 0.6) is 5.75 Å². The zero-order valence-electron chi connectivity index (χ0n) is 16.5. The third-order valence-electron chi connectivity index (χ3n) is 5.77. The quantitative estimate of drug-likeness (QED) is 0.850. The molecule has 1 atom stereocenters. The maximum atomic E-state index is 9.48. The van der Waals surface area contributed by atoms with Gasteiger partial charge in [0, 0.05) is 69.7 Å². The van der Waals surface area contributed by atoms with Gasteiger partial charge in [0.1, 0.15) is 29.8 Å². The van der Waals surface area contributed by atoms with Crippen LogP contribution in [0.25, 0.3) is 0 Å². The maximum absolute atomic E-state index is 9.48. The minimum Gasteiger partial charge on any atom is -0.490 e. The smallest absolute Gasteiger partial charge is 0.134 e. The van der Waals surface area contributed by atoms with E-state index in [2.05, 4.69) is 30.8 Å². The van der Waals surface area contributed by atoms with E-state index in [0.717, 1.165) is 74.8 Å². The standard InChI is InChI=1S/C21H29N5O2/c1-16-12-22-7-4-19(16)28-18-5-9-25(10-6-18)20-11-21(24-15-23-20)26-8-2-3-17(13-26)14-27/h4,7,11-12,15,17-18,27H,2-3,5-6,8-10,13-14H2,1H3. The monoisotopic (exact) mass is 383 g/mol. The molecule has 4 heterocycles. The molecule has 2 aliphatic rings. The Balaban J connectivity index is 1.36. The van der Waals surface area contributed by atoms with E-state index >= 15 is 0 Å². The molecule has 2 aliphatic heterocycles. The first-order chi connectivity index (χ1) is 13.7. The number of aromatic nitrogens is 3. The van der Waals surface area contributed by atoms with Gasteiger partial charge in [0.25, 0.3) is 0 Å². The first-order valence-corrected chi connectivity index (χ1v) is 10.2. The van der Waals surface area contributed by atoms with Crippen molar-refractivity contribution < 1.29 is 9.84 Å². The second kappa shape index (κ2) is 8.73. The van der Waals surface area contributed by atoms with Crippen LogP contribution in [0.4, 0.5) is 11.6 Å². The Bertz CT molecular complexity index is 779. The molecule has 2 aromatic rings. The van der Waals surface area contributed by atoms with Crippen LogP contribution >= 0.6 is 0 Å². The molecular formula is C21H29N5O2. The molecule has 1 N–H and O–H groups in total. The molecule has 0 spiro atoms. The van der Waals surface area contributed by atoms with Crippen LogP contribution < -0.4 is 14.5 Å². The van der Waals surface area contributed by atoms with Crippen molar-refractivity contribution >= 4 is 11.6 Å². The highest BCUT2D eigenvalue weighted by molar-refractivity contribution is 5.50. The minimum absolute atomic E-state index is 0.228. The Morgan fingerprint density at radius 2 is 1.89 bits per heavy atom. The molecule has 1 unspecified atom stereocenters. The van der Waals surface area contributed by atoms with Gasteiger partial charge in [-0.3, -0.25) is 4.98 Å². The molecule has 7 nitrogen and oxygen atoms in total. The number of nitrogens with zero attached hydrogens (tertiary/aromatic N) is 5. The summed E-state index contributed by atoms with van der Waals surface area (Å²) in [6, 6.07) is 4.03. The highest BCUT2D eigenvalue weighted by atomic mass is 16.5. The summed E-state index contributed by atoms with van der Waals surface area (Å²) in [5.41, 5.74) is 1.08. The molecule has 0 amide bonds. The first kappa shape index (κ1) is 18.9. The zero-order chi connectivity index (χ0) is 19.3. The molecule has 2 fully saturated rings. The van der Waals surface area contributed by atoms with Crippen molar-refractivity contribution in [3.63, 3.8) is 0 Å². The van der Waals surface area contributed by atoms with E-state index < -0.39 is 0 Å². The summed E-state index contributed by atoms with van der Waals surface area (Å²) in [6.07, 6.45) is 9.64. The fourth-order valence-corrected chi connectivity index (χ4v) is 4.08. The Morgan fingerprint density at radius 1 is 1.11 bits per heavy atom. The predicted octanol–water partition coefficient (Wildman–Crippen LogP) is 2.44. The van der Waals surface area contributed by atoms with Crippen LogP contribution in [0, 0.1) is 12.8 Å². The van der Waals surface area contributed by atoms with Crippen molar-refractivity contribution in [2.24, 2.45) is 5.92 Å².